The Labute approximate surface area is 335 Å². The van der Waals surface area contributed by atoms with Crippen LogP contribution in [0, 0.1) is 0 Å². The van der Waals surface area contributed by atoms with E-state index in [1.807, 2.05) is 6.08 Å². The molecule has 0 heterocycles. The third-order valence-corrected chi connectivity index (χ3v) is 9.55. The van der Waals surface area contributed by atoms with E-state index in [-0.39, 0.29) is 32.6 Å². The van der Waals surface area contributed by atoms with Gasteiger partial charge >= 0.3 is 19.8 Å². The Bertz CT molecular complexity index is 1130. The van der Waals surface area contributed by atoms with Crippen molar-refractivity contribution in [2.24, 2.45) is 5.73 Å². The van der Waals surface area contributed by atoms with Crippen molar-refractivity contribution in [3.8, 4) is 0 Å². The summed E-state index contributed by atoms with van der Waals surface area (Å²) >= 11 is 0. The van der Waals surface area contributed by atoms with Crippen molar-refractivity contribution in [2.45, 2.75) is 174 Å². The smallest absolute Gasteiger partial charge is 0.462 e. The van der Waals surface area contributed by atoms with Gasteiger partial charge in [-0.25, -0.2) is 4.57 Å². The fourth-order valence-electron chi connectivity index (χ4n) is 5.36. The summed E-state index contributed by atoms with van der Waals surface area (Å²) in [4.78, 5) is 34.8. The van der Waals surface area contributed by atoms with Gasteiger partial charge < -0.3 is 20.1 Å². The Morgan fingerprint density at radius 3 is 1.45 bits per heavy atom. The van der Waals surface area contributed by atoms with Crippen molar-refractivity contribution in [3.63, 3.8) is 0 Å². The molecule has 0 radical (unpaired) electrons. The molecule has 0 fully saturated rings. The molecule has 316 valence electrons. The van der Waals surface area contributed by atoms with Gasteiger partial charge in [-0.15, -0.1) is 0 Å². The van der Waals surface area contributed by atoms with Gasteiger partial charge in [0, 0.05) is 19.4 Å². The van der Waals surface area contributed by atoms with E-state index in [9.17, 15) is 19.0 Å². The lowest BCUT2D eigenvalue weighted by Crippen LogP contribution is -2.29. The molecule has 0 aliphatic carbocycles. The Hall–Kier alpha value is -2.55. The standard InChI is InChI=1S/C45H78NO8P/c1-3-5-7-9-11-13-15-17-19-21-23-25-27-29-31-33-35-37-44(47)51-41-43(42-53-55(49,50)52-40-39-46)54-45(48)38-36-34-32-30-28-26-24-22-20-18-16-14-12-10-8-6-4-2/h11-14,17-20,23,25,29,31,43H,3-10,15-16,21-22,24,26-28,30,32-42,46H2,1-2H3,(H,49,50)/t43-/m1/s1. The van der Waals surface area contributed by atoms with Crippen LogP contribution in [0.1, 0.15) is 168 Å². The normalized spacial score (nSPS) is 14.0. The lowest BCUT2D eigenvalue weighted by molar-refractivity contribution is -0.161. The molecule has 0 spiro atoms. The van der Waals surface area contributed by atoms with Gasteiger partial charge in [-0.1, -0.05) is 145 Å². The van der Waals surface area contributed by atoms with Crippen LogP contribution in [0.3, 0.4) is 0 Å². The first-order valence-corrected chi connectivity index (χ1v) is 22.9. The van der Waals surface area contributed by atoms with Gasteiger partial charge in [0.25, 0.3) is 0 Å². The van der Waals surface area contributed by atoms with Crippen LogP contribution < -0.4 is 5.73 Å². The average Bonchev–Trinajstić information content (AvgIpc) is 3.17. The minimum atomic E-state index is -4.39. The average molecular weight is 792 g/mol. The van der Waals surface area contributed by atoms with E-state index < -0.39 is 32.5 Å². The van der Waals surface area contributed by atoms with E-state index in [2.05, 4.69) is 80.7 Å². The number of hydrogen-bond donors (Lipinski definition) is 2. The molecule has 0 saturated heterocycles. The minimum absolute atomic E-state index is 0.0414. The summed E-state index contributed by atoms with van der Waals surface area (Å²) in [5.41, 5.74) is 5.34. The van der Waals surface area contributed by atoms with Crippen LogP contribution in [0.4, 0.5) is 0 Å². The second kappa shape index (κ2) is 41.1. The molecule has 0 aliphatic rings. The Morgan fingerprint density at radius 2 is 0.964 bits per heavy atom. The van der Waals surface area contributed by atoms with E-state index >= 15 is 0 Å². The first kappa shape index (κ1) is 52.5. The molecule has 10 heteroatoms. The highest BCUT2D eigenvalue weighted by Gasteiger charge is 2.25. The van der Waals surface area contributed by atoms with Crippen LogP contribution >= 0.6 is 7.82 Å². The van der Waals surface area contributed by atoms with Crippen LogP contribution in [0.25, 0.3) is 0 Å². The van der Waals surface area contributed by atoms with Crippen molar-refractivity contribution in [1.29, 1.82) is 0 Å². The summed E-state index contributed by atoms with van der Waals surface area (Å²) in [7, 11) is -4.39. The number of rotatable bonds is 39. The van der Waals surface area contributed by atoms with E-state index in [0.717, 1.165) is 57.8 Å². The molecule has 55 heavy (non-hydrogen) atoms. The maximum absolute atomic E-state index is 12.6. The molecule has 0 aliphatic heterocycles. The Kier molecular flexibility index (Phi) is 39.2. The number of allylic oxidation sites excluding steroid dienone is 12. The summed E-state index contributed by atoms with van der Waals surface area (Å²) in [5, 5.41) is 0. The van der Waals surface area contributed by atoms with Crippen LogP contribution in [0.5, 0.6) is 0 Å². The summed E-state index contributed by atoms with van der Waals surface area (Å²) in [6.45, 7) is 3.59. The van der Waals surface area contributed by atoms with Gasteiger partial charge in [0.2, 0.25) is 0 Å². The number of unbranched alkanes of at least 4 members (excludes halogenated alkanes) is 14. The number of esters is 2. The molecule has 0 aromatic rings. The third kappa shape index (κ3) is 40.9. The van der Waals surface area contributed by atoms with E-state index in [1.165, 1.54) is 70.6 Å². The van der Waals surface area contributed by atoms with E-state index in [0.29, 0.717) is 12.8 Å². The molecule has 0 rings (SSSR count). The Balaban J connectivity index is 4.28. The fourth-order valence-corrected chi connectivity index (χ4v) is 6.13. The van der Waals surface area contributed by atoms with Crippen LogP contribution in [-0.2, 0) is 32.7 Å². The predicted molar refractivity (Wildman–Crippen MR) is 229 cm³/mol. The monoisotopic (exact) mass is 792 g/mol. The maximum atomic E-state index is 12.6. The SMILES string of the molecule is CCCCCC=CCC=CCC=CCC=CCCCC(=O)OC[C@H](COP(=O)(O)OCCN)OC(=O)CCCCCCCCCC=CCC=CCCCCC. The highest BCUT2D eigenvalue weighted by molar-refractivity contribution is 7.47. The molecule has 0 aromatic heterocycles. The predicted octanol–water partition coefficient (Wildman–Crippen LogP) is 12.3. The van der Waals surface area contributed by atoms with Crippen LogP contribution in [0.2, 0.25) is 0 Å². The van der Waals surface area contributed by atoms with Crippen LogP contribution in [0.15, 0.2) is 72.9 Å². The van der Waals surface area contributed by atoms with Gasteiger partial charge in [-0.2, -0.15) is 0 Å². The first-order chi connectivity index (χ1) is 26.8. The molecular weight excluding hydrogens is 713 g/mol. The zero-order chi connectivity index (χ0) is 40.3. The number of ether oxygens (including phenoxy) is 2. The summed E-state index contributed by atoms with van der Waals surface area (Å²) in [6.07, 6.45) is 49.3. The highest BCUT2D eigenvalue weighted by atomic mass is 31.2. The topological polar surface area (TPSA) is 134 Å². The third-order valence-electron chi connectivity index (χ3n) is 8.56. The molecule has 3 N–H and O–H groups in total. The zero-order valence-corrected chi connectivity index (χ0v) is 35.5. The van der Waals surface area contributed by atoms with E-state index in [1.54, 1.807) is 0 Å². The number of phosphoric ester groups is 1. The van der Waals surface area contributed by atoms with Gasteiger partial charge in [-0.05, 0) is 83.5 Å². The van der Waals surface area contributed by atoms with Crippen molar-refractivity contribution in [2.75, 3.05) is 26.4 Å². The molecule has 2 atom stereocenters. The second-order valence-corrected chi connectivity index (χ2v) is 15.3. The molecule has 0 bridgehead atoms. The number of carbonyl (C=O) groups excluding carboxylic acids is 2. The van der Waals surface area contributed by atoms with Crippen molar-refractivity contribution < 1.29 is 37.6 Å². The number of hydrogen-bond acceptors (Lipinski definition) is 8. The van der Waals surface area contributed by atoms with Gasteiger partial charge in [-0.3, -0.25) is 18.6 Å². The Morgan fingerprint density at radius 1 is 0.545 bits per heavy atom. The fraction of sp³-hybridized carbons (Fsp3) is 0.689. The van der Waals surface area contributed by atoms with Gasteiger partial charge in [0.05, 0.1) is 13.2 Å². The molecule has 0 aromatic carbocycles. The van der Waals surface area contributed by atoms with Crippen LogP contribution in [-0.4, -0.2) is 49.3 Å². The van der Waals surface area contributed by atoms with E-state index in [4.69, 9.17) is 24.3 Å². The van der Waals surface area contributed by atoms with Gasteiger partial charge in [0.15, 0.2) is 6.10 Å². The highest BCUT2D eigenvalue weighted by Crippen LogP contribution is 2.43. The van der Waals surface area contributed by atoms with Crippen molar-refractivity contribution >= 4 is 19.8 Å². The number of carbonyl (C=O) groups is 2. The quantitative estimate of drug-likeness (QED) is 0.0270. The molecule has 1 unspecified atom stereocenters. The lowest BCUT2D eigenvalue weighted by Gasteiger charge is -2.19. The molecule has 0 amide bonds. The molecule has 9 nitrogen and oxygen atoms in total. The summed E-state index contributed by atoms with van der Waals surface area (Å²) < 4.78 is 32.7. The molecular formula is C45H78NO8P. The first-order valence-electron chi connectivity index (χ1n) is 21.4. The lowest BCUT2D eigenvalue weighted by atomic mass is 10.1. The number of nitrogens with two attached hydrogens (primary N) is 1. The molecule has 0 saturated carbocycles. The van der Waals surface area contributed by atoms with Crippen molar-refractivity contribution in [1.82, 2.24) is 0 Å². The maximum Gasteiger partial charge on any atom is 0.472 e. The minimum Gasteiger partial charge on any atom is -0.462 e. The largest absolute Gasteiger partial charge is 0.472 e. The van der Waals surface area contributed by atoms with Crippen molar-refractivity contribution in [3.05, 3.63) is 72.9 Å². The zero-order valence-electron chi connectivity index (χ0n) is 34.6. The second-order valence-electron chi connectivity index (χ2n) is 13.8. The summed E-state index contributed by atoms with van der Waals surface area (Å²) in [6, 6.07) is 0. The number of phosphoric acid groups is 1. The summed E-state index contributed by atoms with van der Waals surface area (Å²) in [5.74, 6) is -0.909. The van der Waals surface area contributed by atoms with Gasteiger partial charge in [0.1, 0.15) is 6.61 Å².